The molecule has 2 amide bonds. The van der Waals surface area contributed by atoms with E-state index in [1.54, 1.807) is 29.2 Å². The standard InChI is InChI=1S/C31H26Cl2N2O4/c32-25-11-6-21(7-12-25)17-29(36)35(19-22-8-13-26(33)14-9-22)30(24-4-2-1-3-5-24)31(37)34-18-23-10-15-27-28(16-23)39-20-38-27/h1-16,30H,17-20H2,(H,34,37)/t30-/m1/s1. The predicted octanol–water partition coefficient (Wildman–Crippen LogP) is 6.35. The van der Waals surface area contributed by atoms with Crippen molar-refractivity contribution >= 4 is 35.0 Å². The lowest BCUT2D eigenvalue weighted by molar-refractivity contribution is -0.141. The first-order valence-corrected chi connectivity index (χ1v) is 13.2. The van der Waals surface area contributed by atoms with Gasteiger partial charge in [0.1, 0.15) is 6.04 Å². The zero-order valence-corrected chi connectivity index (χ0v) is 22.5. The summed E-state index contributed by atoms with van der Waals surface area (Å²) in [4.78, 5) is 29.3. The Morgan fingerprint density at radius 2 is 1.38 bits per heavy atom. The van der Waals surface area contributed by atoms with Crippen molar-refractivity contribution in [3.63, 3.8) is 0 Å². The van der Waals surface area contributed by atoms with E-state index in [-0.39, 0.29) is 38.1 Å². The molecule has 198 valence electrons. The number of fused-ring (bicyclic) bond motifs is 1. The van der Waals surface area contributed by atoms with Crippen molar-refractivity contribution < 1.29 is 19.1 Å². The predicted molar refractivity (Wildman–Crippen MR) is 151 cm³/mol. The van der Waals surface area contributed by atoms with E-state index in [0.717, 1.165) is 16.7 Å². The molecule has 1 heterocycles. The number of hydrogen-bond donors (Lipinski definition) is 1. The molecule has 6 nitrogen and oxygen atoms in total. The Balaban J connectivity index is 1.44. The number of hydrogen-bond acceptors (Lipinski definition) is 4. The van der Waals surface area contributed by atoms with Gasteiger partial charge in [-0.2, -0.15) is 0 Å². The van der Waals surface area contributed by atoms with Gasteiger partial charge in [0.15, 0.2) is 11.5 Å². The Morgan fingerprint density at radius 3 is 2.08 bits per heavy atom. The molecule has 0 saturated heterocycles. The largest absolute Gasteiger partial charge is 0.454 e. The van der Waals surface area contributed by atoms with E-state index in [4.69, 9.17) is 32.7 Å². The summed E-state index contributed by atoms with van der Waals surface area (Å²) in [6.07, 6.45) is 0.115. The highest BCUT2D eigenvalue weighted by molar-refractivity contribution is 6.30. The van der Waals surface area contributed by atoms with Gasteiger partial charge >= 0.3 is 0 Å². The third-order valence-corrected chi connectivity index (χ3v) is 6.94. The van der Waals surface area contributed by atoms with Gasteiger partial charge in [0.05, 0.1) is 6.42 Å². The molecule has 0 bridgehead atoms. The molecule has 0 saturated carbocycles. The van der Waals surface area contributed by atoms with Crippen LogP contribution in [0.1, 0.15) is 28.3 Å². The van der Waals surface area contributed by atoms with Crippen LogP contribution in [0.5, 0.6) is 11.5 Å². The quantitative estimate of drug-likeness (QED) is 0.259. The Hall–Kier alpha value is -4.00. The molecule has 1 aliphatic rings. The number of nitrogens with zero attached hydrogens (tertiary/aromatic N) is 1. The Bertz CT molecular complexity index is 1440. The highest BCUT2D eigenvalue weighted by atomic mass is 35.5. The van der Waals surface area contributed by atoms with Crippen molar-refractivity contribution in [2.24, 2.45) is 0 Å². The number of carbonyl (C=O) groups excluding carboxylic acids is 2. The monoisotopic (exact) mass is 560 g/mol. The van der Waals surface area contributed by atoms with E-state index in [0.29, 0.717) is 27.1 Å². The van der Waals surface area contributed by atoms with Gasteiger partial charge in [-0.3, -0.25) is 9.59 Å². The number of rotatable bonds is 9. The second-order valence-electron chi connectivity index (χ2n) is 9.17. The van der Waals surface area contributed by atoms with E-state index in [9.17, 15) is 9.59 Å². The molecule has 4 aromatic carbocycles. The van der Waals surface area contributed by atoms with Crippen molar-refractivity contribution in [2.45, 2.75) is 25.6 Å². The molecule has 8 heteroatoms. The number of benzene rings is 4. The number of halogens is 2. The van der Waals surface area contributed by atoms with Crippen LogP contribution in [0.25, 0.3) is 0 Å². The third-order valence-electron chi connectivity index (χ3n) is 6.43. The smallest absolute Gasteiger partial charge is 0.247 e. The highest BCUT2D eigenvalue weighted by Crippen LogP contribution is 2.32. The van der Waals surface area contributed by atoms with E-state index < -0.39 is 6.04 Å². The van der Waals surface area contributed by atoms with Gasteiger partial charge in [-0.25, -0.2) is 0 Å². The summed E-state index contributed by atoms with van der Waals surface area (Å²) in [6.45, 7) is 0.663. The normalized spacial score (nSPS) is 12.6. The average Bonchev–Trinajstić information content (AvgIpc) is 3.42. The lowest BCUT2D eigenvalue weighted by atomic mass is 10.0. The van der Waals surface area contributed by atoms with Crippen molar-refractivity contribution in [2.75, 3.05) is 6.79 Å². The molecule has 0 radical (unpaired) electrons. The van der Waals surface area contributed by atoms with Gasteiger partial charge in [0.2, 0.25) is 18.6 Å². The zero-order valence-electron chi connectivity index (χ0n) is 21.0. The van der Waals surface area contributed by atoms with Crippen LogP contribution >= 0.6 is 23.2 Å². The summed E-state index contributed by atoms with van der Waals surface area (Å²) in [6, 6.07) is 28.4. The van der Waals surface area contributed by atoms with Crippen molar-refractivity contribution in [1.82, 2.24) is 10.2 Å². The van der Waals surface area contributed by atoms with Crippen LogP contribution in [0.15, 0.2) is 97.1 Å². The number of ether oxygens (including phenoxy) is 2. The molecule has 0 unspecified atom stereocenters. The Morgan fingerprint density at radius 1 is 0.769 bits per heavy atom. The van der Waals surface area contributed by atoms with Crippen LogP contribution in [-0.4, -0.2) is 23.5 Å². The second-order valence-corrected chi connectivity index (χ2v) is 10.0. The molecular formula is C31H26Cl2N2O4. The summed E-state index contributed by atoms with van der Waals surface area (Å²) >= 11 is 12.1. The molecule has 1 N–H and O–H groups in total. The molecule has 0 aliphatic carbocycles. The van der Waals surface area contributed by atoms with Crippen LogP contribution < -0.4 is 14.8 Å². The minimum atomic E-state index is -0.865. The lowest BCUT2D eigenvalue weighted by Crippen LogP contribution is -2.43. The fraction of sp³-hybridized carbons (Fsp3) is 0.161. The Labute approximate surface area is 237 Å². The maximum atomic E-state index is 13.8. The molecular weight excluding hydrogens is 535 g/mol. The van der Waals surface area contributed by atoms with Gasteiger partial charge in [-0.05, 0) is 58.7 Å². The third kappa shape index (κ3) is 6.72. The fourth-order valence-electron chi connectivity index (χ4n) is 4.43. The molecule has 4 aromatic rings. The van der Waals surface area contributed by atoms with E-state index in [1.807, 2.05) is 72.8 Å². The summed E-state index contributed by atoms with van der Waals surface area (Å²) in [5, 5.41) is 4.21. The molecule has 0 spiro atoms. The SMILES string of the molecule is O=C(NCc1ccc2c(c1)OCO2)[C@@H](c1ccccc1)N(Cc1ccc(Cl)cc1)C(=O)Cc1ccc(Cl)cc1. The van der Waals surface area contributed by atoms with Crippen molar-refractivity contribution in [1.29, 1.82) is 0 Å². The summed E-state index contributed by atoms with van der Waals surface area (Å²) in [5.41, 5.74) is 3.22. The number of carbonyl (C=O) groups is 2. The van der Waals surface area contributed by atoms with E-state index >= 15 is 0 Å². The van der Waals surface area contributed by atoms with Gasteiger partial charge in [-0.1, -0.05) is 83.9 Å². The van der Waals surface area contributed by atoms with Crippen LogP contribution in [0.3, 0.4) is 0 Å². The molecule has 5 rings (SSSR count). The van der Waals surface area contributed by atoms with E-state index in [2.05, 4.69) is 5.32 Å². The van der Waals surface area contributed by atoms with Crippen LogP contribution in [0.2, 0.25) is 10.0 Å². The first-order chi connectivity index (χ1) is 19.0. The van der Waals surface area contributed by atoms with E-state index in [1.165, 1.54) is 0 Å². The highest BCUT2D eigenvalue weighted by Gasteiger charge is 2.31. The van der Waals surface area contributed by atoms with Gasteiger partial charge in [0.25, 0.3) is 0 Å². The van der Waals surface area contributed by atoms with Crippen LogP contribution in [-0.2, 0) is 29.1 Å². The molecule has 1 aliphatic heterocycles. The number of nitrogens with one attached hydrogen (secondary N) is 1. The molecule has 1 atom stereocenters. The Kier molecular flexibility index (Phi) is 8.35. The molecule has 39 heavy (non-hydrogen) atoms. The summed E-state index contributed by atoms with van der Waals surface area (Å²) < 4.78 is 10.8. The van der Waals surface area contributed by atoms with Gasteiger partial charge < -0.3 is 19.7 Å². The molecule has 0 aromatic heterocycles. The first-order valence-electron chi connectivity index (χ1n) is 12.5. The van der Waals surface area contributed by atoms with Gasteiger partial charge in [-0.15, -0.1) is 0 Å². The summed E-state index contributed by atoms with van der Waals surface area (Å²) in [7, 11) is 0. The lowest BCUT2D eigenvalue weighted by Gasteiger charge is -2.32. The molecule has 0 fully saturated rings. The fourth-order valence-corrected chi connectivity index (χ4v) is 4.69. The minimum Gasteiger partial charge on any atom is -0.454 e. The first kappa shape index (κ1) is 26.6. The zero-order chi connectivity index (χ0) is 27.2. The van der Waals surface area contributed by atoms with Crippen LogP contribution in [0, 0.1) is 0 Å². The van der Waals surface area contributed by atoms with Crippen molar-refractivity contribution in [3.8, 4) is 11.5 Å². The van der Waals surface area contributed by atoms with Crippen LogP contribution in [0.4, 0.5) is 0 Å². The minimum absolute atomic E-state index is 0.115. The average molecular weight is 561 g/mol. The van der Waals surface area contributed by atoms with Crippen molar-refractivity contribution in [3.05, 3.63) is 129 Å². The second kappa shape index (κ2) is 12.2. The maximum Gasteiger partial charge on any atom is 0.247 e. The number of amides is 2. The van der Waals surface area contributed by atoms with Gasteiger partial charge in [0, 0.05) is 23.1 Å². The maximum absolute atomic E-state index is 13.8. The topological polar surface area (TPSA) is 67.9 Å². The summed E-state index contributed by atoms with van der Waals surface area (Å²) in [5.74, 6) is 0.828.